The molecule has 2 rings (SSSR count). The van der Waals surface area contributed by atoms with Crippen LogP contribution in [-0.4, -0.2) is 42.6 Å². The van der Waals surface area contributed by atoms with E-state index in [-0.39, 0.29) is 11.1 Å². The number of halogens is 2. The van der Waals surface area contributed by atoms with Crippen LogP contribution in [0.1, 0.15) is 16.8 Å². The van der Waals surface area contributed by atoms with E-state index in [1.165, 1.54) is 12.3 Å². The maximum absolute atomic E-state index is 12.3. The molecular weight excluding hydrogens is 275 g/mol. The summed E-state index contributed by atoms with van der Waals surface area (Å²) in [6.07, 6.45) is 2.36. The van der Waals surface area contributed by atoms with Gasteiger partial charge in [0.2, 0.25) is 0 Å². The number of aromatic nitrogens is 1. The van der Waals surface area contributed by atoms with Gasteiger partial charge in [0.15, 0.2) is 0 Å². The van der Waals surface area contributed by atoms with Crippen LogP contribution in [0, 0.1) is 5.92 Å². The Bertz CT molecular complexity index is 454. The van der Waals surface area contributed by atoms with Crippen molar-refractivity contribution in [1.29, 1.82) is 0 Å². The van der Waals surface area contributed by atoms with Gasteiger partial charge in [-0.25, -0.2) is 4.98 Å². The topological polar surface area (TPSA) is 42.4 Å². The minimum Gasteiger partial charge on any atom is -0.384 e. The van der Waals surface area contributed by atoms with E-state index in [1.54, 1.807) is 12.0 Å². The van der Waals surface area contributed by atoms with Crippen LogP contribution >= 0.6 is 23.2 Å². The summed E-state index contributed by atoms with van der Waals surface area (Å²) in [5.74, 6) is 0.304. The Balaban J connectivity index is 2.10. The third-order valence-corrected chi connectivity index (χ3v) is 3.54. The first-order valence-electron chi connectivity index (χ1n) is 5.71. The van der Waals surface area contributed by atoms with Crippen molar-refractivity contribution in [2.45, 2.75) is 6.42 Å². The Morgan fingerprint density at radius 1 is 1.61 bits per heavy atom. The molecule has 1 fully saturated rings. The van der Waals surface area contributed by atoms with E-state index in [2.05, 4.69) is 4.98 Å². The summed E-state index contributed by atoms with van der Waals surface area (Å²) in [5.41, 5.74) is 0.412. The van der Waals surface area contributed by atoms with Crippen molar-refractivity contribution >= 4 is 29.1 Å². The second-order valence-corrected chi connectivity index (χ2v) is 5.14. The molecule has 0 aromatic carbocycles. The number of amides is 1. The van der Waals surface area contributed by atoms with E-state index in [9.17, 15) is 4.79 Å². The van der Waals surface area contributed by atoms with Gasteiger partial charge >= 0.3 is 0 Å². The monoisotopic (exact) mass is 288 g/mol. The molecule has 1 aliphatic rings. The molecule has 0 aliphatic carbocycles. The average Bonchev–Trinajstić information content (AvgIpc) is 2.80. The molecule has 18 heavy (non-hydrogen) atoms. The van der Waals surface area contributed by atoms with Gasteiger partial charge in [-0.15, -0.1) is 0 Å². The summed E-state index contributed by atoms with van der Waals surface area (Å²) in [6.45, 7) is 2.10. The fraction of sp³-hybridized carbons (Fsp3) is 0.500. The fourth-order valence-corrected chi connectivity index (χ4v) is 2.48. The SMILES string of the molecule is COCC1CCN(C(=O)c2cc(Cl)ncc2Cl)C1. The largest absolute Gasteiger partial charge is 0.384 e. The van der Waals surface area contributed by atoms with Gasteiger partial charge in [0.05, 0.1) is 17.2 Å². The molecule has 1 atom stereocenters. The normalized spacial score (nSPS) is 19.3. The van der Waals surface area contributed by atoms with E-state index in [4.69, 9.17) is 27.9 Å². The zero-order valence-corrected chi connectivity index (χ0v) is 11.5. The molecule has 0 radical (unpaired) electrons. The molecule has 4 nitrogen and oxygen atoms in total. The van der Waals surface area contributed by atoms with Gasteiger partial charge < -0.3 is 9.64 Å². The van der Waals surface area contributed by atoms with Gasteiger partial charge in [0.25, 0.3) is 5.91 Å². The number of carbonyl (C=O) groups is 1. The van der Waals surface area contributed by atoms with Crippen LogP contribution in [-0.2, 0) is 4.74 Å². The minimum atomic E-state index is -0.0945. The summed E-state index contributed by atoms with van der Waals surface area (Å²) >= 11 is 11.8. The molecule has 0 spiro atoms. The Hall–Kier alpha value is -0.840. The molecule has 1 saturated heterocycles. The summed E-state index contributed by atoms with van der Waals surface area (Å²) in [5, 5.41) is 0.606. The first kappa shape index (κ1) is 13.6. The maximum atomic E-state index is 12.3. The average molecular weight is 289 g/mol. The van der Waals surface area contributed by atoms with Crippen molar-refractivity contribution in [3.05, 3.63) is 28.0 Å². The predicted octanol–water partition coefficient (Wildman–Crippen LogP) is 2.50. The molecule has 1 aliphatic heterocycles. The molecule has 0 N–H and O–H groups in total. The van der Waals surface area contributed by atoms with Crippen LogP contribution in [0.15, 0.2) is 12.3 Å². The maximum Gasteiger partial charge on any atom is 0.255 e. The summed E-state index contributed by atoms with van der Waals surface area (Å²) < 4.78 is 5.11. The lowest BCUT2D eigenvalue weighted by atomic mass is 10.1. The van der Waals surface area contributed by atoms with Gasteiger partial charge in [0.1, 0.15) is 5.15 Å². The number of ether oxygens (including phenoxy) is 1. The van der Waals surface area contributed by atoms with Crippen molar-refractivity contribution in [1.82, 2.24) is 9.88 Å². The number of pyridine rings is 1. The summed E-state index contributed by atoms with van der Waals surface area (Å²) in [7, 11) is 1.67. The third kappa shape index (κ3) is 2.94. The van der Waals surface area contributed by atoms with Gasteiger partial charge in [0, 0.05) is 32.3 Å². The number of methoxy groups -OCH3 is 1. The van der Waals surface area contributed by atoms with Crippen molar-refractivity contribution in [3.63, 3.8) is 0 Å². The Labute approximate surface area is 116 Å². The second kappa shape index (κ2) is 5.87. The standard InChI is InChI=1S/C12H14Cl2N2O2/c1-18-7-8-2-3-16(6-8)12(17)9-4-11(14)15-5-10(9)13/h4-5,8H,2-3,6-7H2,1H3. The smallest absolute Gasteiger partial charge is 0.255 e. The van der Waals surface area contributed by atoms with E-state index < -0.39 is 0 Å². The minimum absolute atomic E-state index is 0.0945. The molecule has 0 bridgehead atoms. The highest BCUT2D eigenvalue weighted by Gasteiger charge is 2.28. The van der Waals surface area contributed by atoms with Crippen molar-refractivity contribution in [2.75, 3.05) is 26.8 Å². The molecule has 2 heterocycles. The van der Waals surface area contributed by atoms with Gasteiger partial charge in [-0.05, 0) is 12.5 Å². The fourth-order valence-electron chi connectivity index (χ4n) is 2.14. The summed E-state index contributed by atoms with van der Waals surface area (Å²) in [6, 6.07) is 1.51. The first-order valence-corrected chi connectivity index (χ1v) is 6.46. The molecule has 0 saturated carbocycles. The molecule has 6 heteroatoms. The first-order chi connectivity index (χ1) is 8.61. The van der Waals surface area contributed by atoms with Gasteiger partial charge in [-0.1, -0.05) is 23.2 Å². The van der Waals surface area contributed by atoms with Crippen molar-refractivity contribution < 1.29 is 9.53 Å². The van der Waals surface area contributed by atoms with Crippen LogP contribution in [0.2, 0.25) is 10.2 Å². The lowest BCUT2D eigenvalue weighted by Gasteiger charge is -2.17. The number of hydrogen-bond donors (Lipinski definition) is 0. The van der Waals surface area contributed by atoms with Crippen molar-refractivity contribution in [2.24, 2.45) is 5.92 Å². The molecule has 1 amide bonds. The van der Waals surface area contributed by atoms with E-state index in [0.717, 1.165) is 13.0 Å². The van der Waals surface area contributed by atoms with Crippen LogP contribution in [0.3, 0.4) is 0 Å². The zero-order valence-electron chi connectivity index (χ0n) is 10.0. The number of nitrogens with zero attached hydrogens (tertiary/aromatic N) is 2. The van der Waals surface area contributed by atoms with Crippen LogP contribution in [0.4, 0.5) is 0 Å². The highest BCUT2D eigenvalue weighted by molar-refractivity contribution is 6.35. The Morgan fingerprint density at radius 3 is 3.11 bits per heavy atom. The van der Waals surface area contributed by atoms with E-state index in [0.29, 0.717) is 29.7 Å². The highest BCUT2D eigenvalue weighted by Crippen LogP contribution is 2.23. The predicted molar refractivity (Wildman–Crippen MR) is 70.1 cm³/mol. The Morgan fingerprint density at radius 2 is 2.39 bits per heavy atom. The number of rotatable bonds is 3. The van der Waals surface area contributed by atoms with Crippen LogP contribution in [0.25, 0.3) is 0 Å². The molecule has 1 unspecified atom stereocenters. The van der Waals surface area contributed by atoms with Gasteiger partial charge in [-0.3, -0.25) is 4.79 Å². The Kier molecular flexibility index (Phi) is 4.43. The van der Waals surface area contributed by atoms with Crippen molar-refractivity contribution in [3.8, 4) is 0 Å². The number of likely N-dealkylation sites (tertiary alicyclic amines) is 1. The second-order valence-electron chi connectivity index (χ2n) is 4.35. The van der Waals surface area contributed by atoms with Crippen LogP contribution in [0.5, 0.6) is 0 Å². The molecular formula is C12H14Cl2N2O2. The molecule has 1 aromatic rings. The van der Waals surface area contributed by atoms with E-state index >= 15 is 0 Å². The number of hydrogen-bond acceptors (Lipinski definition) is 3. The summed E-state index contributed by atoms with van der Waals surface area (Å²) in [4.78, 5) is 17.9. The molecule has 98 valence electrons. The lowest BCUT2D eigenvalue weighted by molar-refractivity contribution is 0.0775. The van der Waals surface area contributed by atoms with E-state index in [1.807, 2.05) is 0 Å². The third-order valence-electron chi connectivity index (χ3n) is 3.03. The zero-order chi connectivity index (χ0) is 13.1. The van der Waals surface area contributed by atoms with Crippen LogP contribution < -0.4 is 0 Å². The highest BCUT2D eigenvalue weighted by atomic mass is 35.5. The number of carbonyl (C=O) groups excluding carboxylic acids is 1. The lowest BCUT2D eigenvalue weighted by Crippen LogP contribution is -2.29. The molecule has 1 aromatic heterocycles. The van der Waals surface area contributed by atoms with Gasteiger partial charge in [-0.2, -0.15) is 0 Å². The quantitative estimate of drug-likeness (QED) is 0.803.